The molecule has 4 aromatic rings. The molecule has 1 atom stereocenters. The Morgan fingerprint density at radius 3 is 1.98 bits per heavy atom. The van der Waals surface area contributed by atoms with Crippen molar-refractivity contribution in [1.82, 2.24) is 34.6 Å². The molecule has 3 saturated heterocycles. The van der Waals surface area contributed by atoms with Gasteiger partial charge in [0.15, 0.2) is 5.78 Å². The van der Waals surface area contributed by atoms with Gasteiger partial charge in [0.25, 0.3) is 5.56 Å². The van der Waals surface area contributed by atoms with Crippen LogP contribution in [0.2, 0.25) is 0 Å². The summed E-state index contributed by atoms with van der Waals surface area (Å²) in [7, 11) is 0. The van der Waals surface area contributed by atoms with Gasteiger partial charge in [-0.3, -0.25) is 34.0 Å². The summed E-state index contributed by atoms with van der Waals surface area (Å²) in [5.74, 6) is 1.02. The highest BCUT2D eigenvalue weighted by molar-refractivity contribution is 6.01. The quantitative estimate of drug-likeness (QED) is 0.141. The third-order valence-electron chi connectivity index (χ3n) is 13.2. The van der Waals surface area contributed by atoms with Crippen LogP contribution in [-0.2, 0) is 22.4 Å². The van der Waals surface area contributed by atoms with Crippen molar-refractivity contribution >= 4 is 28.6 Å². The van der Waals surface area contributed by atoms with Crippen molar-refractivity contribution in [3.8, 4) is 0 Å². The van der Waals surface area contributed by atoms with Gasteiger partial charge in [-0.25, -0.2) is 9.97 Å². The van der Waals surface area contributed by atoms with Crippen LogP contribution in [0, 0.1) is 6.92 Å². The van der Waals surface area contributed by atoms with Gasteiger partial charge in [0.2, 0.25) is 11.8 Å². The van der Waals surface area contributed by atoms with Crippen molar-refractivity contribution in [2.45, 2.75) is 115 Å². The number of piperidine rings is 3. The number of likely N-dealkylation sites (tertiary alicyclic amines) is 2. The molecule has 6 heterocycles. The summed E-state index contributed by atoms with van der Waals surface area (Å²) in [6.45, 7) is 9.98. The third-order valence-corrected chi connectivity index (χ3v) is 13.2. The van der Waals surface area contributed by atoms with Crippen LogP contribution in [0.1, 0.15) is 139 Å². The number of benzene rings is 1. The number of imide groups is 1. The number of carbonyl (C=O) groups is 3. The largest absolute Gasteiger partial charge is 0.302 e. The van der Waals surface area contributed by atoms with E-state index in [4.69, 9.17) is 9.97 Å². The Kier molecular flexibility index (Phi) is 11.5. The first-order chi connectivity index (χ1) is 27.2. The van der Waals surface area contributed by atoms with E-state index in [-0.39, 0.29) is 40.7 Å². The second-order valence-corrected chi connectivity index (χ2v) is 16.7. The molecule has 1 N–H and O–H groups in total. The molecule has 0 spiro atoms. The summed E-state index contributed by atoms with van der Waals surface area (Å²) in [4.78, 5) is 69.5. The van der Waals surface area contributed by atoms with Gasteiger partial charge in [-0.05, 0) is 132 Å². The number of rotatable bonds is 11. The Labute approximate surface area is 329 Å². The Morgan fingerprint density at radius 1 is 0.750 bits per heavy atom. The molecule has 8 rings (SSSR count). The van der Waals surface area contributed by atoms with Crippen LogP contribution in [0.3, 0.4) is 0 Å². The van der Waals surface area contributed by atoms with Crippen LogP contribution in [0.15, 0.2) is 53.6 Å². The molecule has 0 bridgehead atoms. The van der Waals surface area contributed by atoms with Crippen molar-refractivity contribution in [1.29, 1.82) is 0 Å². The number of amides is 2. The van der Waals surface area contributed by atoms with Crippen molar-refractivity contribution < 1.29 is 14.4 Å². The monoisotopic (exact) mass is 757 g/mol. The topological polar surface area (TPSA) is 130 Å². The van der Waals surface area contributed by atoms with Gasteiger partial charge in [-0.1, -0.05) is 43.2 Å². The smallest absolute Gasteiger partial charge is 0.263 e. The lowest BCUT2D eigenvalue weighted by Gasteiger charge is -2.36. The number of hydrogen-bond donors (Lipinski definition) is 1. The zero-order chi connectivity index (χ0) is 38.8. The van der Waals surface area contributed by atoms with E-state index in [1.54, 1.807) is 10.8 Å². The lowest BCUT2D eigenvalue weighted by molar-refractivity contribution is -0.134. The Bertz CT molecular complexity index is 2130. The summed E-state index contributed by atoms with van der Waals surface area (Å²) in [6.07, 6.45) is 14.8. The van der Waals surface area contributed by atoms with Crippen molar-refractivity contribution in [2.75, 3.05) is 39.3 Å². The molecular formula is C45H55N7O4. The van der Waals surface area contributed by atoms with E-state index < -0.39 is 0 Å². The van der Waals surface area contributed by atoms with Gasteiger partial charge in [-0.15, -0.1) is 0 Å². The molecule has 3 aliphatic heterocycles. The zero-order valence-electron chi connectivity index (χ0n) is 33.0. The number of Topliss-reactive ketones (excluding diaryl/α,β-unsaturated/α-hetero) is 1. The third kappa shape index (κ3) is 8.25. The van der Waals surface area contributed by atoms with Crippen LogP contribution < -0.4 is 10.9 Å². The maximum absolute atomic E-state index is 13.6. The van der Waals surface area contributed by atoms with E-state index in [0.29, 0.717) is 48.1 Å². The van der Waals surface area contributed by atoms with Gasteiger partial charge in [0, 0.05) is 55.4 Å². The molecule has 0 radical (unpaired) electrons. The second kappa shape index (κ2) is 16.9. The summed E-state index contributed by atoms with van der Waals surface area (Å²) in [5.41, 5.74) is 6.07. The fraction of sp³-hybridized carbons (Fsp3) is 0.533. The van der Waals surface area contributed by atoms with Gasteiger partial charge in [-0.2, -0.15) is 0 Å². The summed E-state index contributed by atoms with van der Waals surface area (Å²) in [6, 6.07) is 13.0. The molecule has 1 aromatic carbocycles. The maximum Gasteiger partial charge on any atom is 0.263 e. The molecule has 4 fully saturated rings. The number of pyridine rings is 2. The van der Waals surface area contributed by atoms with Gasteiger partial charge >= 0.3 is 0 Å². The number of hydrogen-bond acceptors (Lipinski definition) is 9. The van der Waals surface area contributed by atoms with E-state index in [1.165, 1.54) is 18.1 Å². The van der Waals surface area contributed by atoms with E-state index in [2.05, 4.69) is 62.7 Å². The first kappa shape index (κ1) is 38.3. The van der Waals surface area contributed by atoms with E-state index in [9.17, 15) is 19.2 Å². The molecule has 1 unspecified atom stereocenters. The van der Waals surface area contributed by atoms with E-state index in [0.717, 1.165) is 114 Å². The average molecular weight is 758 g/mol. The number of nitrogens with zero attached hydrogens (tertiary/aromatic N) is 6. The molecule has 2 amide bonds. The fourth-order valence-electron chi connectivity index (χ4n) is 9.74. The highest BCUT2D eigenvalue weighted by Crippen LogP contribution is 2.33. The standard InChI is InChI=1S/C45H55N7O4/c1-29-39-28-47-40(48-43(39)52(37-5-3-4-6-37)45(56)42(29)30(2)53)15-13-36-12-11-35(27-46-36)33-19-23-51(24-20-33)26-25-50-21-17-32(18-22-50)31-7-9-34(10-8-31)38-14-16-41(54)49-44(38)55/h7-12,27-28,32-33,37-38H,3-6,13-26H2,1-2H3,(H,49,54,55). The number of aromatic nitrogens is 4. The van der Waals surface area contributed by atoms with Crippen LogP contribution in [0.4, 0.5) is 0 Å². The van der Waals surface area contributed by atoms with Crippen molar-refractivity contribution in [3.63, 3.8) is 0 Å². The molecule has 3 aromatic heterocycles. The number of carbonyl (C=O) groups excluding carboxylic acids is 3. The van der Waals surface area contributed by atoms with E-state index in [1.807, 2.05) is 6.92 Å². The number of aryl methyl sites for hydroxylation is 3. The van der Waals surface area contributed by atoms with Crippen molar-refractivity contribution in [3.05, 3.63) is 98.5 Å². The van der Waals surface area contributed by atoms with Crippen molar-refractivity contribution in [2.24, 2.45) is 0 Å². The Hall–Kier alpha value is -4.61. The molecule has 11 heteroatoms. The summed E-state index contributed by atoms with van der Waals surface area (Å²) < 4.78 is 1.79. The first-order valence-electron chi connectivity index (χ1n) is 21.0. The molecule has 294 valence electrons. The molecule has 1 saturated carbocycles. The Balaban J connectivity index is 0.787. The van der Waals surface area contributed by atoms with Crippen LogP contribution in [0.5, 0.6) is 0 Å². The first-order valence-corrected chi connectivity index (χ1v) is 21.0. The van der Waals surface area contributed by atoms with Gasteiger partial charge in [0.1, 0.15) is 11.5 Å². The minimum Gasteiger partial charge on any atom is -0.302 e. The van der Waals surface area contributed by atoms with Crippen LogP contribution in [0.25, 0.3) is 11.0 Å². The lowest BCUT2D eigenvalue weighted by Crippen LogP contribution is -2.41. The zero-order valence-corrected chi connectivity index (χ0v) is 33.0. The molecule has 11 nitrogen and oxygen atoms in total. The van der Waals surface area contributed by atoms with E-state index >= 15 is 0 Å². The highest BCUT2D eigenvalue weighted by atomic mass is 16.2. The summed E-state index contributed by atoms with van der Waals surface area (Å²) in [5, 5.41) is 3.26. The molecule has 1 aliphatic carbocycles. The second-order valence-electron chi connectivity index (χ2n) is 16.7. The van der Waals surface area contributed by atoms with Gasteiger partial charge in [0.05, 0.1) is 11.5 Å². The highest BCUT2D eigenvalue weighted by Gasteiger charge is 2.29. The molecular weight excluding hydrogens is 703 g/mol. The van der Waals surface area contributed by atoms with Crippen LogP contribution >= 0.6 is 0 Å². The number of fused-ring (bicyclic) bond motifs is 1. The summed E-state index contributed by atoms with van der Waals surface area (Å²) >= 11 is 0. The van der Waals surface area contributed by atoms with Crippen LogP contribution in [-0.4, -0.2) is 86.2 Å². The predicted molar refractivity (Wildman–Crippen MR) is 216 cm³/mol. The molecule has 4 aliphatic rings. The number of nitrogens with one attached hydrogen (secondary N) is 1. The fourth-order valence-corrected chi connectivity index (χ4v) is 9.74. The number of ketones is 1. The minimum absolute atomic E-state index is 0.0726. The minimum atomic E-state index is -0.221. The normalized spacial score (nSPS) is 20.9. The average Bonchev–Trinajstić information content (AvgIpc) is 3.75. The van der Waals surface area contributed by atoms with Gasteiger partial charge < -0.3 is 9.80 Å². The maximum atomic E-state index is 13.6. The SMILES string of the molecule is CC(=O)c1c(C)c2cnc(CCc3ccc(C4CCN(CCN5CCC(c6ccc(C7CCC(=O)NC7=O)cc6)CC5)CC4)cn3)nc2n(C2CCCC2)c1=O. The Morgan fingerprint density at radius 2 is 1.38 bits per heavy atom. The lowest BCUT2D eigenvalue weighted by atomic mass is 9.86. The molecule has 56 heavy (non-hydrogen) atoms. The predicted octanol–water partition coefficient (Wildman–Crippen LogP) is 6.18.